The van der Waals surface area contributed by atoms with Gasteiger partial charge in [-0.1, -0.05) is 43.2 Å². The van der Waals surface area contributed by atoms with Crippen molar-refractivity contribution in [2.45, 2.75) is 44.2 Å². The van der Waals surface area contributed by atoms with Crippen molar-refractivity contribution in [2.24, 2.45) is 5.92 Å². The number of nitrogens with one attached hydrogen (secondary N) is 2. The van der Waals surface area contributed by atoms with E-state index in [1.165, 1.54) is 25.7 Å². The Morgan fingerprint density at radius 1 is 1.06 bits per heavy atom. The second-order valence-corrected chi connectivity index (χ2v) is 7.86. The highest BCUT2D eigenvalue weighted by molar-refractivity contribution is 7.67. The first-order valence-electron chi connectivity index (χ1n) is 6.71. The van der Waals surface area contributed by atoms with Crippen LogP contribution in [0.4, 0.5) is 0 Å². The highest BCUT2D eigenvalue weighted by Crippen LogP contribution is 2.51. The minimum Gasteiger partial charge on any atom is -0.250 e. The molecule has 2 fully saturated rings. The van der Waals surface area contributed by atoms with Crippen LogP contribution < -0.4 is 16.2 Å². The molecule has 3 heteroatoms. The zero-order chi connectivity index (χ0) is 11.7. The molecule has 0 radical (unpaired) electrons. The zero-order valence-electron chi connectivity index (χ0n) is 10.4. The summed E-state index contributed by atoms with van der Waals surface area (Å²) in [5, 5.41) is 1.55. The molecule has 0 amide bonds. The highest BCUT2D eigenvalue weighted by atomic mass is 31.1. The molecule has 1 aliphatic heterocycles. The smallest absolute Gasteiger partial charge is 0.0494 e. The Hall–Kier alpha value is -0.430. The van der Waals surface area contributed by atoms with Gasteiger partial charge in [0, 0.05) is 11.6 Å². The van der Waals surface area contributed by atoms with Gasteiger partial charge in [-0.15, -0.1) is 0 Å². The van der Waals surface area contributed by atoms with E-state index in [0.717, 1.165) is 5.92 Å². The minimum absolute atomic E-state index is 0.0981. The van der Waals surface area contributed by atoms with Crippen molar-refractivity contribution < 1.29 is 0 Å². The highest BCUT2D eigenvalue weighted by Gasteiger charge is 2.39. The van der Waals surface area contributed by atoms with Crippen molar-refractivity contribution in [1.29, 1.82) is 0 Å². The van der Waals surface area contributed by atoms with Crippen LogP contribution in [0.1, 0.15) is 32.6 Å². The maximum atomic E-state index is 3.58. The Morgan fingerprint density at radius 3 is 2.47 bits per heavy atom. The Morgan fingerprint density at radius 2 is 1.76 bits per heavy atom. The SMILES string of the molecule is C[C@H]1NN[C@H](C2CCCC2)P1c1ccccc1. The third-order valence-corrected chi connectivity index (χ3v) is 7.07. The Kier molecular flexibility index (Phi) is 3.46. The quantitative estimate of drug-likeness (QED) is 0.786. The summed E-state index contributed by atoms with van der Waals surface area (Å²) in [4.78, 5) is 0. The zero-order valence-corrected chi connectivity index (χ0v) is 11.3. The maximum absolute atomic E-state index is 3.58. The third-order valence-electron chi connectivity index (χ3n) is 4.06. The van der Waals surface area contributed by atoms with E-state index in [9.17, 15) is 0 Å². The summed E-state index contributed by atoms with van der Waals surface area (Å²) >= 11 is 0. The van der Waals surface area contributed by atoms with Crippen LogP contribution in [-0.2, 0) is 0 Å². The topological polar surface area (TPSA) is 24.1 Å². The average molecular weight is 248 g/mol. The summed E-state index contributed by atoms with van der Waals surface area (Å²) in [5.41, 5.74) is 7.05. The first kappa shape index (κ1) is 11.6. The van der Waals surface area contributed by atoms with Crippen molar-refractivity contribution in [3.63, 3.8) is 0 Å². The summed E-state index contributed by atoms with van der Waals surface area (Å²) in [6.07, 6.45) is 5.68. The summed E-state index contributed by atoms with van der Waals surface area (Å²) < 4.78 is 0. The monoisotopic (exact) mass is 248 g/mol. The van der Waals surface area contributed by atoms with Gasteiger partial charge in [0.25, 0.3) is 0 Å². The summed E-state index contributed by atoms with van der Waals surface area (Å²) in [5.74, 6) is 2.17. The number of benzene rings is 1. The molecule has 3 rings (SSSR count). The molecule has 2 aliphatic rings. The lowest BCUT2D eigenvalue weighted by atomic mass is 10.1. The van der Waals surface area contributed by atoms with Crippen molar-refractivity contribution in [3.8, 4) is 0 Å². The Balaban J connectivity index is 1.84. The fourth-order valence-electron chi connectivity index (χ4n) is 3.19. The van der Waals surface area contributed by atoms with Gasteiger partial charge in [0.05, 0.1) is 0 Å². The normalized spacial score (nSPS) is 34.3. The number of hydrogen-bond donors (Lipinski definition) is 2. The van der Waals surface area contributed by atoms with Crippen molar-refractivity contribution in [1.82, 2.24) is 10.9 Å². The minimum atomic E-state index is -0.0981. The predicted molar refractivity (Wildman–Crippen MR) is 74.5 cm³/mol. The van der Waals surface area contributed by atoms with E-state index >= 15 is 0 Å². The van der Waals surface area contributed by atoms with Crippen molar-refractivity contribution in [3.05, 3.63) is 30.3 Å². The van der Waals surface area contributed by atoms with Gasteiger partial charge >= 0.3 is 0 Å². The molecular formula is C14H21N2P. The number of hydrogen-bond acceptors (Lipinski definition) is 2. The molecule has 0 spiro atoms. The Labute approximate surface area is 105 Å². The van der Waals surface area contributed by atoms with E-state index in [4.69, 9.17) is 0 Å². The lowest BCUT2D eigenvalue weighted by Gasteiger charge is -2.26. The van der Waals surface area contributed by atoms with E-state index in [1.54, 1.807) is 5.30 Å². The molecule has 92 valence electrons. The molecular weight excluding hydrogens is 227 g/mol. The molecule has 3 atom stereocenters. The molecule has 1 aliphatic carbocycles. The maximum Gasteiger partial charge on any atom is 0.0494 e. The summed E-state index contributed by atoms with van der Waals surface area (Å²) in [6, 6.07) is 11.1. The van der Waals surface area contributed by atoms with E-state index in [1.807, 2.05) is 0 Å². The lowest BCUT2D eigenvalue weighted by molar-refractivity contribution is 0.428. The lowest BCUT2D eigenvalue weighted by Crippen LogP contribution is -2.35. The van der Waals surface area contributed by atoms with Crippen LogP contribution in [0.3, 0.4) is 0 Å². The van der Waals surface area contributed by atoms with Crippen molar-refractivity contribution >= 4 is 13.2 Å². The number of hydrazine groups is 1. The fraction of sp³-hybridized carbons (Fsp3) is 0.571. The molecule has 0 aromatic heterocycles. The van der Waals surface area contributed by atoms with Gasteiger partial charge < -0.3 is 0 Å². The fourth-order valence-corrected chi connectivity index (χ4v) is 6.13. The van der Waals surface area contributed by atoms with Crippen LogP contribution in [-0.4, -0.2) is 11.6 Å². The van der Waals surface area contributed by atoms with Gasteiger partial charge in [0.2, 0.25) is 0 Å². The van der Waals surface area contributed by atoms with E-state index in [0.29, 0.717) is 11.6 Å². The average Bonchev–Trinajstić information content (AvgIpc) is 2.98. The summed E-state index contributed by atoms with van der Waals surface area (Å²) in [7, 11) is -0.0981. The second kappa shape index (κ2) is 5.06. The molecule has 1 saturated carbocycles. The van der Waals surface area contributed by atoms with Gasteiger partial charge in [-0.2, -0.15) is 0 Å². The van der Waals surface area contributed by atoms with Crippen LogP contribution in [0.25, 0.3) is 0 Å². The van der Waals surface area contributed by atoms with Gasteiger partial charge in [-0.25, -0.2) is 10.9 Å². The second-order valence-electron chi connectivity index (χ2n) is 5.20. The molecule has 1 saturated heterocycles. The van der Waals surface area contributed by atoms with Gasteiger partial charge in [-0.05, 0) is 38.9 Å². The molecule has 1 unspecified atom stereocenters. The predicted octanol–water partition coefficient (Wildman–Crippen LogP) is 2.76. The van der Waals surface area contributed by atoms with Gasteiger partial charge in [-0.3, -0.25) is 0 Å². The van der Waals surface area contributed by atoms with Crippen LogP contribution in [0.2, 0.25) is 0 Å². The van der Waals surface area contributed by atoms with E-state index in [-0.39, 0.29) is 7.92 Å². The van der Waals surface area contributed by atoms with Crippen LogP contribution >= 0.6 is 7.92 Å². The van der Waals surface area contributed by atoms with E-state index < -0.39 is 0 Å². The van der Waals surface area contributed by atoms with Gasteiger partial charge in [0.15, 0.2) is 0 Å². The molecule has 0 bridgehead atoms. The molecule has 2 N–H and O–H groups in total. The standard InChI is InChI=1S/C14H21N2P/c1-11-15-16-14(12-7-5-6-8-12)17(11)13-9-3-2-4-10-13/h2-4,9-12,14-16H,5-8H2,1H3/t11-,14-,17?/m0/s1. The molecule has 1 heterocycles. The first-order valence-corrected chi connectivity index (χ1v) is 8.19. The van der Waals surface area contributed by atoms with Crippen molar-refractivity contribution in [2.75, 3.05) is 0 Å². The molecule has 1 aromatic carbocycles. The largest absolute Gasteiger partial charge is 0.250 e. The summed E-state index contributed by atoms with van der Waals surface area (Å²) in [6.45, 7) is 2.32. The molecule has 2 nitrogen and oxygen atoms in total. The first-order chi connectivity index (χ1) is 8.36. The number of rotatable bonds is 2. The van der Waals surface area contributed by atoms with Crippen LogP contribution in [0.15, 0.2) is 30.3 Å². The van der Waals surface area contributed by atoms with E-state index in [2.05, 4.69) is 48.1 Å². The van der Waals surface area contributed by atoms with Gasteiger partial charge in [0.1, 0.15) is 0 Å². The Bertz CT molecular complexity index is 362. The third kappa shape index (κ3) is 2.27. The van der Waals surface area contributed by atoms with Crippen LogP contribution in [0.5, 0.6) is 0 Å². The molecule has 1 aromatic rings. The molecule has 17 heavy (non-hydrogen) atoms. The van der Waals surface area contributed by atoms with Crippen LogP contribution in [0, 0.1) is 5.92 Å².